The molecule has 1 atom stereocenters. The Balaban J connectivity index is 1.41. The van der Waals surface area contributed by atoms with E-state index in [2.05, 4.69) is 20.1 Å². The maximum absolute atomic E-state index is 13.5. The lowest BCUT2D eigenvalue weighted by atomic mass is 9.99. The van der Waals surface area contributed by atoms with Crippen molar-refractivity contribution in [3.63, 3.8) is 0 Å². The van der Waals surface area contributed by atoms with Crippen LogP contribution in [0.5, 0.6) is 0 Å². The van der Waals surface area contributed by atoms with Gasteiger partial charge in [-0.15, -0.1) is 0 Å². The number of fused-ring (bicyclic) bond motifs is 1. The molecular weight excluding hydrogens is 482 g/mol. The van der Waals surface area contributed by atoms with Gasteiger partial charge in [0.1, 0.15) is 12.4 Å². The molecule has 38 heavy (non-hydrogen) atoms. The maximum Gasteiger partial charge on any atom is 0.269 e. The number of carbonyl (C=O) groups is 3. The number of nitrogens with zero attached hydrogens (tertiary/aromatic N) is 6. The summed E-state index contributed by atoms with van der Waals surface area (Å²) in [7, 11) is 0. The summed E-state index contributed by atoms with van der Waals surface area (Å²) in [5.74, 6) is -0.396. The Morgan fingerprint density at radius 2 is 1.82 bits per heavy atom. The number of aromatic nitrogens is 5. The zero-order valence-corrected chi connectivity index (χ0v) is 21.2. The number of hydrogen-bond donors (Lipinski definition) is 1. The molecule has 0 radical (unpaired) electrons. The lowest BCUT2D eigenvalue weighted by Crippen LogP contribution is -2.48. The number of amides is 2. The Kier molecular flexibility index (Phi) is 6.78. The molecule has 0 aliphatic carbocycles. The molecule has 4 aromatic rings. The second-order valence-electron chi connectivity index (χ2n) is 9.30. The van der Waals surface area contributed by atoms with Crippen LogP contribution in [0.4, 0.5) is 0 Å². The van der Waals surface area contributed by atoms with Crippen LogP contribution in [0.25, 0.3) is 22.0 Å². The molecule has 1 aliphatic rings. The first-order valence-electron chi connectivity index (χ1n) is 12.3. The van der Waals surface area contributed by atoms with Crippen molar-refractivity contribution in [3.05, 3.63) is 83.9 Å². The zero-order chi connectivity index (χ0) is 26.8. The lowest BCUT2D eigenvalue weighted by Gasteiger charge is -2.32. The number of ketones is 1. The highest BCUT2D eigenvalue weighted by Gasteiger charge is 2.31. The van der Waals surface area contributed by atoms with E-state index in [0.717, 1.165) is 16.8 Å². The Morgan fingerprint density at radius 1 is 1.03 bits per heavy atom. The van der Waals surface area contributed by atoms with Crippen molar-refractivity contribution in [1.82, 2.24) is 29.6 Å². The molecule has 1 aromatic carbocycles. The fourth-order valence-electron chi connectivity index (χ4n) is 4.66. The van der Waals surface area contributed by atoms with Crippen LogP contribution in [0.2, 0.25) is 0 Å². The second kappa shape index (κ2) is 10.3. The van der Waals surface area contributed by atoms with E-state index in [0.29, 0.717) is 35.4 Å². The van der Waals surface area contributed by atoms with E-state index in [1.165, 1.54) is 4.68 Å². The smallest absolute Gasteiger partial charge is 0.269 e. The number of hydrogen-bond acceptors (Lipinski definition) is 7. The van der Waals surface area contributed by atoms with Gasteiger partial charge in [-0.1, -0.05) is 24.3 Å². The number of nitrogens with two attached hydrogens (primary N) is 1. The summed E-state index contributed by atoms with van der Waals surface area (Å²) in [5.41, 5.74) is 9.37. The normalized spacial score (nSPS) is 15.1. The molecule has 192 valence electrons. The molecule has 10 nitrogen and oxygen atoms in total. The van der Waals surface area contributed by atoms with Crippen LogP contribution < -0.4 is 5.73 Å². The standard InChI is InChI=1S/C28H27N7O3/c1-17-6-5-7-21(32-17)13-25(36)24-8-3-4-11-34(24)26(37)16-35-23-10-9-19(20-14-30-18(2)31-15-20)12-22(23)27(33-35)28(29)38/h3-7,9-10,12,14-15,24H,8,11,13,16H2,1-2H3,(H2,29,38). The monoisotopic (exact) mass is 509 g/mol. The molecule has 0 fully saturated rings. The summed E-state index contributed by atoms with van der Waals surface area (Å²) in [6.07, 6.45) is 7.78. The van der Waals surface area contributed by atoms with Crippen LogP contribution in [-0.2, 0) is 22.6 Å². The van der Waals surface area contributed by atoms with Crippen molar-refractivity contribution in [3.8, 4) is 11.1 Å². The minimum Gasteiger partial charge on any atom is -0.364 e. The Morgan fingerprint density at radius 3 is 2.55 bits per heavy atom. The maximum atomic E-state index is 13.5. The molecule has 4 heterocycles. The Bertz CT molecular complexity index is 1570. The summed E-state index contributed by atoms with van der Waals surface area (Å²) < 4.78 is 1.47. The summed E-state index contributed by atoms with van der Waals surface area (Å²) in [6.45, 7) is 3.85. The zero-order valence-electron chi connectivity index (χ0n) is 21.2. The number of primary amides is 1. The van der Waals surface area contributed by atoms with Crippen LogP contribution in [0.3, 0.4) is 0 Å². The second-order valence-corrected chi connectivity index (χ2v) is 9.30. The first-order chi connectivity index (χ1) is 18.3. The molecule has 1 aliphatic heterocycles. The van der Waals surface area contributed by atoms with Crippen LogP contribution in [0, 0.1) is 13.8 Å². The average molecular weight is 510 g/mol. The van der Waals surface area contributed by atoms with Gasteiger partial charge in [0.05, 0.1) is 18.0 Å². The first kappa shape index (κ1) is 24.9. The molecule has 2 amide bonds. The fraction of sp³-hybridized carbons (Fsp3) is 0.250. The SMILES string of the molecule is Cc1cccc(CC(=O)C2CC=CCN2C(=O)Cn2nc(C(N)=O)c3cc(-c4cnc(C)nc4)ccc32)n1. The van der Waals surface area contributed by atoms with Crippen LogP contribution in [0.1, 0.15) is 34.1 Å². The molecule has 1 unspecified atom stereocenters. The first-order valence-corrected chi connectivity index (χ1v) is 12.3. The summed E-state index contributed by atoms with van der Waals surface area (Å²) >= 11 is 0. The van der Waals surface area contributed by atoms with Gasteiger partial charge in [0.15, 0.2) is 11.5 Å². The van der Waals surface area contributed by atoms with Gasteiger partial charge in [-0.2, -0.15) is 5.10 Å². The van der Waals surface area contributed by atoms with Crippen molar-refractivity contribution >= 4 is 28.5 Å². The van der Waals surface area contributed by atoms with Crippen molar-refractivity contribution in [2.24, 2.45) is 5.73 Å². The molecule has 0 bridgehead atoms. The molecule has 5 rings (SSSR count). The van der Waals surface area contributed by atoms with Crippen molar-refractivity contribution in [2.75, 3.05) is 6.54 Å². The van der Waals surface area contributed by atoms with E-state index in [9.17, 15) is 14.4 Å². The average Bonchev–Trinajstić information content (AvgIpc) is 3.27. The number of Topliss-reactive ketones (excluding diaryl/α,β-unsaturated/α-hetero) is 1. The van der Waals surface area contributed by atoms with Gasteiger partial charge >= 0.3 is 0 Å². The van der Waals surface area contributed by atoms with Gasteiger partial charge in [-0.05, 0) is 50.1 Å². The highest BCUT2D eigenvalue weighted by atomic mass is 16.2. The third-order valence-electron chi connectivity index (χ3n) is 6.58. The van der Waals surface area contributed by atoms with E-state index in [1.807, 2.05) is 43.3 Å². The summed E-state index contributed by atoms with van der Waals surface area (Å²) in [5, 5.41) is 4.90. The van der Waals surface area contributed by atoms with Gasteiger partial charge in [-0.25, -0.2) is 9.97 Å². The summed E-state index contributed by atoms with van der Waals surface area (Å²) in [4.78, 5) is 53.3. The molecule has 0 saturated heterocycles. The molecular formula is C28H27N7O3. The third-order valence-corrected chi connectivity index (χ3v) is 6.58. The van der Waals surface area contributed by atoms with E-state index in [4.69, 9.17) is 5.73 Å². The highest BCUT2D eigenvalue weighted by molar-refractivity contribution is 6.05. The van der Waals surface area contributed by atoms with Gasteiger partial charge < -0.3 is 10.6 Å². The number of benzene rings is 1. The molecule has 0 spiro atoms. The van der Waals surface area contributed by atoms with Crippen LogP contribution in [0.15, 0.2) is 60.9 Å². The minimum absolute atomic E-state index is 0.0689. The minimum atomic E-state index is -0.696. The number of pyridine rings is 1. The predicted molar refractivity (Wildman–Crippen MR) is 141 cm³/mol. The van der Waals surface area contributed by atoms with E-state index in [1.54, 1.807) is 36.4 Å². The number of rotatable bonds is 7. The van der Waals surface area contributed by atoms with Crippen LogP contribution >= 0.6 is 0 Å². The molecule has 10 heteroatoms. The number of carbonyl (C=O) groups excluding carboxylic acids is 3. The van der Waals surface area contributed by atoms with Gasteiger partial charge in [0, 0.05) is 41.3 Å². The van der Waals surface area contributed by atoms with E-state index < -0.39 is 11.9 Å². The van der Waals surface area contributed by atoms with Crippen LogP contribution in [-0.4, -0.2) is 59.8 Å². The largest absolute Gasteiger partial charge is 0.364 e. The predicted octanol–water partition coefficient (Wildman–Crippen LogP) is 2.57. The Hall–Kier alpha value is -4.73. The van der Waals surface area contributed by atoms with Gasteiger partial charge in [0.2, 0.25) is 5.91 Å². The molecule has 2 N–H and O–H groups in total. The van der Waals surface area contributed by atoms with E-state index in [-0.39, 0.29) is 30.3 Å². The van der Waals surface area contributed by atoms with Crippen molar-refractivity contribution in [1.29, 1.82) is 0 Å². The topological polar surface area (TPSA) is 137 Å². The van der Waals surface area contributed by atoms with Crippen molar-refractivity contribution in [2.45, 2.75) is 39.3 Å². The van der Waals surface area contributed by atoms with E-state index >= 15 is 0 Å². The lowest BCUT2D eigenvalue weighted by molar-refractivity contribution is -0.139. The molecule has 0 saturated carbocycles. The quantitative estimate of drug-likeness (QED) is 0.378. The third kappa shape index (κ3) is 5.06. The highest BCUT2D eigenvalue weighted by Crippen LogP contribution is 2.26. The Labute approximate surface area is 219 Å². The fourth-order valence-corrected chi connectivity index (χ4v) is 4.66. The number of aryl methyl sites for hydroxylation is 2. The van der Waals surface area contributed by atoms with Gasteiger partial charge in [0.25, 0.3) is 5.91 Å². The molecule has 3 aromatic heterocycles. The van der Waals surface area contributed by atoms with Gasteiger partial charge in [-0.3, -0.25) is 24.0 Å². The summed E-state index contributed by atoms with van der Waals surface area (Å²) in [6, 6.07) is 10.4. The van der Waals surface area contributed by atoms with Crippen molar-refractivity contribution < 1.29 is 14.4 Å².